The summed E-state index contributed by atoms with van der Waals surface area (Å²) in [7, 11) is 1.64. The lowest BCUT2D eigenvalue weighted by molar-refractivity contribution is 0.0261. The highest BCUT2D eigenvalue weighted by Crippen LogP contribution is 2.16. The number of nitrogens with two attached hydrogens (primary N) is 1. The largest absolute Gasteiger partial charge is 0.382 e. The Bertz CT molecular complexity index is 332. The van der Waals surface area contributed by atoms with E-state index in [0.717, 1.165) is 12.0 Å². The Hall–Kier alpha value is -1.01. The molecule has 0 aliphatic rings. The van der Waals surface area contributed by atoms with Crippen LogP contribution in [0.1, 0.15) is 18.1 Å². The molecule has 1 atom stereocenters. The van der Waals surface area contributed by atoms with Gasteiger partial charge in [0.05, 0.1) is 19.3 Å². The molecule has 1 unspecified atom stereocenters. The zero-order valence-corrected chi connectivity index (χ0v) is 11.3. The van der Waals surface area contributed by atoms with Crippen molar-refractivity contribution in [2.45, 2.75) is 12.5 Å². The molecule has 1 rings (SSSR count). The van der Waals surface area contributed by atoms with E-state index in [1.54, 1.807) is 19.2 Å². The Morgan fingerprint density at radius 3 is 2.47 bits per heavy atom. The minimum Gasteiger partial charge on any atom is -0.382 e. The van der Waals surface area contributed by atoms with Crippen LogP contribution in [0.4, 0.5) is 4.39 Å². The topological polar surface area (TPSA) is 53.7 Å². The molecule has 4 nitrogen and oxygen atoms in total. The molecule has 0 aliphatic carbocycles. The lowest BCUT2D eigenvalue weighted by atomic mass is 10.1. The van der Waals surface area contributed by atoms with Gasteiger partial charge in [-0.15, -0.1) is 0 Å². The molecular formula is C14H22FNO3. The molecule has 0 spiro atoms. The van der Waals surface area contributed by atoms with Crippen molar-refractivity contribution < 1.29 is 18.6 Å². The number of hydrogen-bond acceptors (Lipinski definition) is 4. The lowest BCUT2D eigenvalue weighted by Crippen LogP contribution is -2.17. The summed E-state index contributed by atoms with van der Waals surface area (Å²) in [5.74, 6) is -0.258. The fourth-order valence-corrected chi connectivity index (χ4v) is 1.61. The molecule has 0 saturated heterocycles. The van der Waals surface area contributed by atoms with E-state index in [-0.39, 0.29) is 11.9 Å². The summed E-state index contributed by atoms with van der Waals surface area (Å²) in [6.45, 7) is 2.75. The molecule has 1 aromatic carbocycles. The third-order valence-electron chi connectivity index (χ3n) is 2.64. The Labute approximate surface area is 113 Å². The second-order valence-electron chi connectivity index (χ2n) is 4.11. The molecule has 0 bridgehead atoms. The summed E-state index contributed by atoms with van der Waals surface area (Å²) < 4.78 is 28.7. The summed E-state index contributed by atoms with van der Waals surface area (Å²) in [6, 6.07) is 6.22. The first kappa shape index (κ1) is 16.0. The van der Waals surface area contributed by atoms with Crippen LogP contribution < -0.4 is 5.73 Å². The van der Waals surface area contributed by atoms with Crippen molar-refractivity contribution in [3.05, 3.63) is 35.6 Å². The van der Waals surface area contributed by atoms with E-state index in [0.29, 0.717) is 33.0 Å². The molecule has 0 saturated carbocycles. The number of methoxy groups -OCH3 is 1. The number of hydrogen-bond donors (Lipinski definition) is 1. The summed E-state index contributed by atoms with van der Waals surface area (Å²) in [6.07, 6.45) is 0.598. The van der Waals surface area contributed by atoms with Crippen molar-refractivity contribution in [2.24, 2.45) is 5.73 Å². The third kappa shape index (κ3) is 6.63. The highest BCUT2D eigenvalue weighted by atomic mass is 19.1. The zero-order valence-electron chi connectivity index (χ0n) is 11.3. The minimum atomic E-state index is -0.258. The molecule has 0 aromatic heterocycles. The van der Waals surface area contributed by atoms with E-state index in [1.165, 1.54) is 12.1 Å². The quantitative estimate of drug-likeness (QED) is 0.660. The van der Waals surface area contributed by atoms with Gasteiger partial charge in [-0.2, -0.15) is 0 Å². The number of rotatable bonds is 10. The number of ether oxygens (including phenoxy) is 3. The molecule has 0 radical (unpaired) electrons. The van der Waals surface area contributed by atoms with Crippen LogP contribution in [-0.4, -0.2) is 40.1 Å². The van der Waals surface area contributed by atoms with Gasteiger partial charge in [0.1, 0.15) is 5.82 Å². The second-order valence-corrected chi connectivity index (χ2v) is 4.11. The maximum atomic E-state index is 12.8. The minimum absolute atomic E-state index is 0.195. The molecular weight excluding hydrogens is 249 g/mol. The maximum absolute atomic E-state index is 12.8. The van der Waals surface area contributed by atoms with Crippen molar-refractivity contribution in [3.8, 4) is 0 Å². The van der Waals surface area contributed by atoms with Crippen LogP contribution >= 0.6 is 0 Å². The van der Waals surface area contributed by atoms with Gasteiger partial charge in [-0.25, -0.2) is 4.39 Å². The highest BCUT2D eigenvalue weighted by molar-refractivity contribution is 5.18. The molecule has 0 fully saturated rings. The normalized spacial score (nSPS) is 12.6. The first-order chi connectivity index (χ1) is 9.27. The summed E-state index contributed by atoms with van der Waals surface area (Å²) in [5.41, 5.74) is 6.55. The molecule has 5 heteroatoms. The molecule has 2 N–H and O–H groups in total. The Kier molecular flexibility index (Phi) is 8.33. The third-order valence-corrected chi connectivity index (χ3v) is 2.64. The van der Waals surface area contributed by atoms with Gasteiger partial charge in [-0.1, -0.05) is 12.1 Å². The zero-order chi connectivity index (χ0) is 13.9. The summed E-state index contributed by atoms with van der Waals surface area (Å²) >= 11 is 0. The van der Waals surface area contributed by atoms with Crippen LogP contribution in [0, 0.1) is 5.82 Å². The fourth-order valence-electron chi connectivity index (χ4n) is 1.61. The lowest BCUT2D eigenvalue weighted by Gasteiger charge is -2.16. The van der Waals surface area contributed by atoms with E-state index in [2.05, 4.69) is 0 Å². The predicted molar refractivity (Wildman–Crippen MR) is 71.5 cm³/mol. The number of halogens is 1. The van der Waals surface area contributed by atoms with Gasteiger partial charge in [0, 0.05) is 26.9 Å². The number of benzene rings is 1. The van der Waals surface area contributed by atoms with Crippen molar-refractivity contribution in [1.29, 1.82) is 0 Å². The van der Waals surface area contributed by atoms with Crippen molar-refractivity contribution in [1.82, 2.24) is 0 Å². The Morgan fingerprint density at radius 1 is 1.11 bits per heavy atom. The summed E-state index contributed by atoms with van der Waals surface area (Å²) in [5, 5.41) is 0. The maximum Gasteiger partial charge on any atom is 0.123 e. The van der Waals surface area contributed by atoms with E-state index >= 15 is 0 Å². The van der Waals surface area contributed by atoms with Crippen molar-refractivity contribution >= 4 is 0 Å². The van der Waals surface area contributed by atoms with Crippen LogP contribution in [0.3, 0.4) is 0 Å². The molecule has 108 valence electrons. The average molecular weight is 271 g/mol. The molecule has 19 heavy (non-hydrogen) atoms. The van der Waals surface area contributed by atoms with E-state index in [4.69, 9.17) is 19.9 Å². The smallest absolute Gasteiger partial charge is 0.123 e. The SMILES string of the molecule is COCCOCCCOC(CN)c1ccc(F)cc1. The van der Waals surface area contributed by atoms with Gasteiger partial charge in [0.2, 0.25) is 0 Å². The molecule has 1 aromatic rings. The van der Waals surface area contributed by atoms with Crippen LogP contribution in [-0.2, 0) is 14.2 Å². The average Bonchev–Trinajstić information content (AvgIpc) is 2.43. The fraction of sp³-hybridized carbons (Fsp3) is 0.571. The van der Waals surface area contributed by atoms with Crippen molar-refractivity contribution in [2.75, 3.05) is 40.1 Å². The van der Waals surface area contributed by atoms with Crippen LogP contribution in [0.15, 0.2) is 24.3 Å². The van der Waals surface area contributed by atoms with Crippen LogP contribution in [0.5, 0.6) is 0 Å². The van der Waals surface area contributed by atoms with Gasteiger partial charge in [0.15, 0.2) is 0 Å². The monoisotopic (exact) mass is 271 g/mol. The van der Waals surface area contributed by atoms with Gasteiger partial charge in [-0.3, -0.25) is 0 Å². The van der Waals surface area contributed by atoms with E-state index in [1.807, 2.05) is 0 Å². The van der Waals surface area contributed by atoms with Crippen LogP contribution in [0.25, 0.3) is 0 Å². The van der Waals surface area contributed by atoms with Gasteiger partial charge in [-0.05, 0) is 24.1 Å². The van der Waals surface area contributed by atoms with Gasteiger partial charge >= 0.3 is 0 Å². The van der Waals surface area contributed by atoms with E-state index < -0.39 is 0 Å². The standard InChI is InChI=1S/C14H22FNO3/c1-17-9-10-18-7-2-8-19-14(11-16)12-3-5-13(15)6-4-12/h3-6,14H,2,7-11,16H2,1H3. The predicted octanol–water partition coefficient (Wildman–Crippen LogP) is 1.90. The first-order valence-corrected chi connectivity index (χ1v) is 6.41. The Balaban J connectivity index is 2.20. The van der Waals surface area contributed by atoms with Gasteiger partial charge in [0.25, 0.3) is 0 Å². The second kappa shape index (κ2) is 9.86. The Morgan fingerprint density at radius 2 is 1.84 bits per heavy atom. The van der Waals surface area contributed by atoms with Gasteiger partial charge < -0.3 is 19.9 Å². The van der Waals surface area contributed by atoms with Crippen LogP contribution in [0.2, 0.25) is 0 Å². The summed E-state index contributed by atoms with van der Waals surface area (Å²) in [4.78, 5) is 0. The molecule has 0 heterocycles. The van der Waals surface area contributed by atoms with Crippen molar-refractivity contribution in [3.63, 3.8) is 0 Å². The first-order valence-electron chi connectivity index (χ1n) is 6.41. The van der Waals surface area contributed by atoms with E-state index in [9.17, 15) is 4.39 Å². The highest BCUT2D eigenvalue weighted by Gasteiger charge is 2.09. The molecule has 0 amide bonds. The molecule has 0 aliphatic heterocycles.